The van der Waals surface area contributed by atoms with Gasteiger partial charge in [-0.2, -0.15) is 4.98 Å². The van der Waals surface area contributed by atoms with E-state index in [1.165, 1.54) is 23.0 Å². The highest BCUT2D eigenvalue weighted by Crippen LogP contribution is 2.37. The van der Waals surface area contributed by atoms with Gasteiger partial charge < -0.3 is 13.8 Å². The molecular formula is C19H19FN6O3. The number of fused-ring (bicyclic) bond motifs is 1. The molecular weight excluding hydrogens is 379 g/mol. The van der Waals surface area contributed by atoms with E-state index in [1.807, 2.05) is 0 Å². The molecule has 1 aliphatic rings. The number of hydrogen-bond donors (Lipinski definition) is 0. The zero-order valence-electron chi connectivity index (χ0n) is 15.5. The lowest BCUT2D eigenvalue weighted by Gasteiger charge is -2.33. The standard InChI is InChI=1S/C19H17FN6O3.H2/c1-25-9-21-18-16(25)19(27)26(10-22-18)8-15-23-17(24-29-15)11-6-14(7-11)28-13-4-2-12(20)3-5-13;/h2-5,9-11,14H,6-8H2,1H3;1H. The number of imidazole rings is 1. The van der Waals surface area contributed by atoms with E-state index >= 15 is 0 Å². The third-order valence-electron chi connectivity index (χ3n) is 5.07. The first-order valence-corrected chi connectivity index (χ1v) is 9.18. The average molecular weight is 398 g/mol. The van der Waals surface area contributed by atoms with Gasteiger partial charge in [0.15, 0.2) is 17.0 Å². The van der Waals surface area contributed by atoms with Crippen LogP contribution in [-0.2, 0) is 13.6 Å². The SMILES string of the molecule is Cn1cnc2ncn(Cc3nc(C4CC(Oc5ccc(F)cc5)C4)no3)c(=O)c21.[HH]. The van der Waals surface area contributed by atoms with Crippen molar-refractivity contribution in [1.82, 2.24) is 29.2 Å². The number of aryl methyl sites for hydroxylation is 1. The first-order valence-electron chi connectivity index (χ1n) is 9.18. The fourth-order valence-electron chi connectivity index (χ4n) is 3.41. The lowest BCUT2D eigenvalue weighted by atomic mass is 9.82. The van der Waals surface area contributed by atoms with Crippen LogP contribution in [0.5, 0.6) is 5.75 Å². The van der Waals surface area contributed by atoms with Crippen LogP contribution in [0.1, 0.15) is 31.9 Å². The highest BCUT2D eigenvalue weighted by atomic mass is 19.1. The van der Waals surface area contributed by atoms with Crippen molar-refractivity contribution in [2.45, 2.75) is 31.4 Å². The zero-order chi connectivity index (χ0) is 20.0. The van der Waals surface area contributed by atoms with Gasteiger partial charge in [0, 0.05) is 14.4 Å². The quantitative estimate of drug-likeness (QED) is 0.508. The smallest absolute Gasteiger partial charge is 0.280 e. The maximum atomic E-state index is 13.0. The van der Waals surface area contributed by atoms with Crippen LogP contribution in [0.2, 0.25) is 0 Å². The molecule has 29 heavy (non-hydrogen) atoms. The van der Waals surface area contributed by atoms with Crippen molar-refractivity contribution in [2.75, 3.05) is 0 Å². The Morgan fingerprint density at radius 3 is 2.79 bits per heavy atom. The minimum absolute atomic E-state index is 0. The fraction of sp³-hybridized carbons (Fsp3) is 0.316. The molecule has 1 saturated carbocycles. The van der Waals surface area contributed by atoms with E-state index in [0.717, 1.165) is 12.8 Å². The molecule has 0 saturated heterocycles. The highest BCUT2D eigenvalue weighted by molar-refractivity contribution is 5.68. The van der Waals surface area contributed by atoms with Crippen molar-refractivity contribution < 1.29 is 15.1 Å². The van der Waals surface area contributed by atoms with Crippen LogP contribution >= 0.6 is 0 Å². The summed E-state index contributed by atoms with van der Waals surface area (Å²) in [4.78, 5) is 25.3. The number of rotatable bonds is 5. The molecule has 150 valence electrons. The molecule has 5 rings (SSSR count). The molecule has 10 heteroatoms. The molecule has 0 spiro atoms. The molecule has 0 bridgehead atoms. The van der Waals surface area contributed by atoms with Gasteiger partial charge >= 0.3 is 0 Å². The summed E-state index contributed by atoms with van der Waals surface area (Å²) in [7, 11) is 1.74. The topological polar surface area (TPSA) is 101 Å². The predicted octanol–water partition coefficient (Wildman–Crippen LogP) is 2.27. The van der Waals surface area contributed by atoms with Gasteiger partial charge in [-0.1, -0.05) is 5.16 Å². The van der Waals surface area contributed by atoms with E-state index in [1.54, 1.807) is 30.1 Å². The van der Waals surface area contributed by atoms with Gasteiger partial charge in [0.25, 0.3) is 5.56 Å². The third kappa shape index (κ3) is 3.26. The van der Waals surface area contributed by atoms with Crippen LogP contribution in [-0.4, -0.2) is 35.3 Å². The van der Waals surface area contributed by atoms with Crippen LogP contribution in [0.3, 0.4) is 0 Å². The van der Waals surface area contributed by atoms with E-state index in [2.05, 4.69) is 20.1 Å². The molecule has 0 N–H and O–H groups in total. The summed E-state index contributed by atoms with van der Waals surface area (Å²) in [6.07, 6.45) is 4.51. The van der Waals surface area contributed by atoms with Crippen molar-refractivity contribution in [3.63, 3.8) is 0 Å². The Morgan fingerprint density at radius 1 is 1.24 bits per heavy atom. The molecule has 1 aromatic carbocycles. The second-order valence-electron chi connectivity index (χ2n) is 7.11. The molecule has 1 aliphatic carbocycles. The van der Waals surface area contributed by atoms with Gasteiger partial charge in [-0.25, -0.2) is 14.4 Å². The van der Waals surface area contributed by atoms with Gasteiger partial charge in [0.1, 0.15) is 30.5 Å². The second kappa shape index (κ2) is 6.80. The number of nitrogens with zero attached hydrogens (tertiary/aromatic N) is 6. The summed E-state index contributed by atoms with van der Waals surface area (Å²) in [5, 5.41) is 4.04. The van der Waals surface area contributed by atoms with Gasteiger partial charge in [-0.3, -0.25) is 9.36 Å². The lowest BCUT2D eigenvalue weighted by molar-refractivity contribution is 0.0942. The predicted molar refractivity (Wildman–Crippen MR) is 101 cm³/mol. The van der Waals surface area contributed by atoms with Crippen molar-refractivity contribution in [3.8, 4) is 5.75 Å². The number of aromatic nitrogens is 6. The molecule has 9 nitrogen and oxygen atoms in total. The Bertz CT molecular complexity index is 1230. The van der Waals surface area contributed by atoms with Gasteiger partial charge in [0.05, 0.1) is 6.33 Å². The van der Waals surface area contributed by atoms with Crippen LogP contribution < -0.4 is 10.3 Å². The van der Waals surface area contributed by atoms with Crippen molar-refractivity contribution in [2.24, 2.45) is 7.05 Å². The molecule has 0 unspecified atom stereocenters. The fourth-order valence-corrected chi connectivity index (χ4v) is 3.41. The number of benzene rings is 1. The minimum atomic E-state index is -0.292. The van der Waals surface area contributed by atoms with E-state index < -0.39 is 0 Å². The summed E-state index contributed by atoms with van der Waals surface area (Å²) in [6.45, 7) is 0.141. The zero-order valence-corrected chi connectivity index (χ0v) is 15.5. The Morgan fingerprint density at radius 2 is 2.00 bits per heavy atom. The maximum Gasteiger partial charge on any atom is 0.280 e. The Kier molecular flexibility index (Phi) is 4.11. The van der Waals surface area contributed by atoms with Gasteiger partial charge in [0.2, 0.25) is 5.89 Å². The molecule has 4 aromatic rings. The Labute approximate surface area is 165 Å². The molecule has 0 aliphatic heterocycles. The molecule has 3 heterocycles. The monoisotopic (exact) mass is 398 g/mol. The van der Waals surface area contributed by atoms with Crippen molar-refractivity contribution >= 4 is 11.2 Å². The molecule has 0 amide bonds. The van der Waals surface area contributed by atoms with Crippen molar-refractivity contribution in [3.05, 3.63) is 64.8 Å². The van der Waals surface area contributed by atoms with Crippen LogP contribution in [0.25, 0.3) is 11.2 Å². The van der Waals surface area contributed by atoms with Crippen LogP contribution in [0.15, 0.2) is 46.2 Å². The van der Waals surface area contributed by atoms with E-state index in [4.69, 9.17) is 9.26 Å². The van der Waals surface area contributed by atoms with Crippen LogP contribution in [0.4, 0.5) is 4.39 Å². The number of halogens is 1. The lowest BCUT2D eigenvalue weighted by Crippen LogP contribution is -2.32. The molecule has 0 atom stereocenters. The van der Waals surface area contributed by atoms with Gasteiger partial charge in [-0.05, 0) is 37.1 Å². The summed E-state index contributed by atoms with van der Waals surface area (Å²) in [5.41, 5.74) is 0.611. The Hall–Kier alpha value is -3.56. The normalized spacial score (nSPS) is 18.7. The third-order valence-corrected chi connectivity index (χ3v) is 5.07. The summed E-state index contributed by atoms with van der Waals surface area (Å²) < 4.78 is 27.1. The first kappa shape index (κ1) is 17.5. The largest absolute Gasteiger partial charge is 0.490 e. The van der Waals surface area contributed by atoms with E-state index in [-0.39, 0.29) is 31.4 Å². The summed E-state index contributed by atoms with van der Waals surface area (Å²) in [5.74, 6) is 1.42. The van der Waals surface area contributed by atoms with Gasteiger partial charge in [-0.15, -0.1) is 0 Å². The van der Waals surface area contributed by atoms with Crippen LogP contribution in [0, 0.1) is 5.82 Å². The number of ether oxygens (including phenoxy) is 1. The minimum Gasteiger partial charge on any atom is -0.490 e. The molecule has 0 radical (unpaired) electrons. The summed E-state index contributed by atoms with van der Waals surface area (Å²) in [6, 6.07) is 5.97. The van der Waals surface area contributed by atoms with Crippen molar-refractivity contribution in [1.29, 1.82) is 0 Å². The average Bonchev–Trinajstić information content (AvgIpc) is 3.29. The number of hydrogen-bond acceptors (Lipinski definition) is 7. The van der Waals surface area contributed by atoms with E-state index in [9.17, 15) is 9.18 Å². The Balaban J connectivity index is 0.00000218. The molecule has 1 fully saturated rings. The summed E-state index contributed by atoms with van der Waals surface area (Å²) >= 11 is 0. The first-order chi connectivity index (χ1) is 14.1. The molecule has 3 aromatic heterocycles. The maximum absolute atomic E-state index is 13.0. The highest BCUT2D eigenvalue weighted by Gasteiger charge is 2.35. The second-order valence-corrected chi connectivity index (χ2v) is 7.11. The van der Waals surface area contributed by atoms with E-state index in [0.29, 0.717) is 28.6 Å².